The van der Waals surface area contributed by atoms with Crippen LogP contribution in [0.2, 0.25) is 0 Å². The van der Waals surface area contributed by atoms with Crippen molar-refractivity contribution >= 4 is 17.6 Å². The van der Waals surface area contributed by atoms with Gasteiger partial charge in [0.2, 0.25) is 5.91 Å². The van der Waals surface area contributed by atoms with Gasteiger partial charge in [0.05, 0.1) is 7.11 Å². The summed E-state index contributed by atoms with van der Waals surface area (Å²) >= 11 is 0. The largest absolute Gasteiger partial charge is 0.482 e. The van der Waals surface area contributed by atoms with Gasteiger partial charge in [0.15, 0.2) is 6.61 Å². The average Bonchev–Trinajstić information content (AvgIpc) is 2.36. The molecule has 5 nitrogen and oxygen atoms in total. The number of hydrogen-bond donors (Lipinski definition) is 1. The summed E-state index contributed by atoms with van der Waals surface area (Å²) in [6.07, 6.45) is 1.28. The fraction of sp³-hybridized carbons (Fsp3) is 0.385. The molecule has 5 heteroatoms. The molecule has 0 aliphatic rings. The molecule has 0 aliphatic heterocycles. The van der Waals surface area contributed by atoms with Crippen molar-refractivity contribution in [3.63, 3.8) is 0 Å². The van der Waals surface area contributed by atoms with E-state index in [1.807, 2.05) is 6.92 Å². The van der Waals surface area contributed by atoms with Crippen molar-refractivity contribution in [2.45, 2.75) is 19.8 Å². The Morgan fingerprint density at radius 3 is 2.78 bits per heavy atom. The van der Waals surface area contributed by atoms with Gasteiger partial charge in [-0.1, -0.05) is 13.0 Å². The van der Waals surface area contributed by atoms with Crippen molar-refractivity contribution < 1.29 is 19.1 Å². The highest BCUT2D eigenvalue weighted by Gasteiger charge is 2.04. The van der Waals surface area contributed by atoms with E-state index in [9.17, 15) is 9.59 Å². The Labute approximate surface area is 106 Å². The number of amides is 1. The Bertz CT molecular complexity index is 417. The van der Waals surface area contributed by atoms with Crippen molar-refractivity contribution in [3.8, 4) is 5.75 Å². The molecule has 0 radical (unpaired) electrons. The van der Waals surface area contributed by atoms with Gasteiger partial charge in [-0.3, -0.25) is 4.79 Å². The van der Waals surface area contributed by atoms with Crippen molar-refractivity contribution in [2.75, 3.05) is 19.0 Å². The third kappa shape index (κ3) is 4.86. The highest BCUT2D eigenvalue weighted by Crippen LogP contribution is 2.17. The summed E-state index contributed by atoms with van der Waals surface area (Å²) in [6, 6.07) is 6.88. The first kappa shape index (κ1) is 14.0. The van der Waals surface area contributed by atoms with Crippen LogP contribution >= 0.6 is 0 Å². The summed E-state index contributed by atoms with van der Waals surface area (Å²) in [7, 11) is 1.30. The van der Waals surface area contributed by atoms with Crippen LogP contribution in [0.3, 0.4) is 0 Å². The molecule has 98 valence electrons. The molecule has 1 amide bonds. The normalized spacial score (nSPS) is 9.67. The minimum Gasteiger partial charge on any atom is -0.482 e. The van der Waals surface area contributed by atoms with Crippen LogP contribution in [0.4, 0.5) is 5.69 Å². The number of esters is 1. The predicted molar refractivity (Wildman–Crippen MR) is 67.5 cm³/mol. The Balaban J connectivity index is 2.56. The molecule has 0 fully saturated rings. The lowest BCUT2D eigenvalue weighted by Gasteiger charge is -2.08. The Kier molecular flexibility index (Phi) is 5.70. The fourth-order valence-electron chi connectivity index (χ4n) is 1.32. The zero-order valence-corrected chi connectivity index (χ0v) is 10.6. The first-order valence-corrected chi connectivity index (χ1v) is 5.75. The van der Waals surface area contributed by atoms with Gasteiger partial charge in [-0.2, -0.15) is 0 Å². The van der Waals surface area contributed by atoms with Crippen molar-refractivity contribution in [2.24, 2.45) is 0 Å². The molecule has 1 aromatic rings. The highest BCUT2D eigenvalue weighted by molar-refractivity contribution is 5.90. The molecule has 0 bridgehead atoms. The van der Waals surface area contributed by atoms with Crippen LogP contribution in [-0.4, -0.2) is 25.6 Å². The smallest absolute Gasteiger partial charge is 0.343 e. The van der Waals surface area contributed by atoms with Crippen molar-refractivity contribution in [1.82, 2.24) is 0 Å². The maximum Gasteiger partial charge on any atom is 0.343 e. The van der Waals surface area contributed by atoms with E-state index in [0.29, 0.717) is 17.9 Å². The maximum atomic E-state index is 11.4. The van der Waals surface area contributed by atoms with Crippen LogP contribution in [0, 0.1) is 0 Å². The summed E-state index contributed by atoms with van der Waals surface area (Å²) in [5.74, 6) is 0.0211. The van der Waals surface area contributed by atoms with E-state index >= 15 is 0 Å². The topological polar surface area (TPSA) is 64.6 Å². The Hall–Kier alpha value is -2.04. The number of nitrogens with one attached hydrogen (secondary N) is 1. The number of carbonyl (C=O) groups is 2. The van der Waals surface area contributed by atoms with Gasteiger partial charge in [0.25, 0.3) is 0 Å². The first-order valence-electron chi connectivity index (χ1n) is 5.75. The summed E-state index contributed by atoms with van der Waals surface area (Å²) in [5.41, 5.74) is 0.649. The van der Waals surface area contributed by atoms with Gasteiger partial charge in [-0.05, 0) is 18.6 Å². The van der Waals surface area contributed by atoms with Crippen molar-refractivity contribution in [3.05, 3.63) is 24.3 Å². The van der Waals surface area contributed by atoms with E-state index in [4.69, 9.17) is 4.74 Å². The predicted octanol–water partition coefficient (Wildman–Crippen LogP) is 1.98. The lowest BCUT2D eigenvalue weighted by atomic mass is 10.2. The van der Waals surface area contributed by atoms with Gasteiger partial charge >= 0.3 is 5.97 Å². The number of rotatable bonds is 6. The molecule has 0 saturated heterocycles. The van der Waals surface area contributed by atoms with Crippen LogP contribution in [0.5, 0.6) is 5.75 Å². The second-order valence-corrected chi connectivity index (χ2v) is 3.69. The molecule has 0 unspecified atom stereocenters. The van der Waals surface area contributed by atoms with E-state index < -0.39 is 5.97 Å². The van der Waals surface area contributed by atoms with Crippen LogP contribution in [0.1, 0.15) is 19.8 Å². The number of hydrogen-bond acceptors (Lipinski definition) is 4. The van der Waals surface area contributed by atoms with E-state index in [1.54, 1.807) is 24.3 Å². The quantitative estimate of drug-likeness (QED) is 0.785. The lowest BCUT2D eigenvalue weighted by Crippen LogP contribution is -2.13. The lowest BCUT2D eigenvalue weighted by molar-refractivity contribution is -0.142. The van der Waals surface area contributed by atoms with E-state index in [-0.39, 0.29) is 12.5 Å². The number of benzene rings is 1. The molecule has 0 heterocycles. The summed E-state index contributed by atoms with van der Waals surface area (Å²) in [6.45, 7) is 1.79. The number of carbonyl (C=O) groups excluding carboxylic acids is 2. The molecule has 0 spiro atoms. The van der Waals surface area contributed by atoms with Crippen LogP contribution in [-0.2, 0) is 14.3 Å². The summed E-state index contributed by atoms with van der Waals surface area (Å²) in [4.78, 5) is 22.3. The van der Waals surface area contributed by atoms with E-state index in [0.717, 1.165) is 6.42 Å². The molecule has 0 aliphatic carbocycles. The average molecular weight is 251 g/mol. The second kappa shape index (κ2) is 7.32. The number of methoxy groups -OCH3 is 1. The van der Waals surface area contributed by atoms with Gasteiger partial charge in [0.1, 0.15) is 5.75 Å². The van der Waals surface area contributed by atoms with Gasteiger partial charge in [-0.25, -0.2) is 4.79 Å². The fourth-order valence-corrected chi connectivity index (χ4v) is 1.32. The molecule has 18 heavy (non-hydrogen) atoms. The molecule has 0 aromatic heterocycles. The molecule has 1 aromatic carbocycles. The molecule has 1 rings (SSSR count). The highest BCUT2D eigenvalue weighted by atomic mass is 16.6. The zero-order chi connectivity index (χ0) is 13.4. The maximum absolute atomic E-state index is 11.4. The third-order valence-corrected chi connectivity index (χ3v) is 2.18. The molecular weight excluding hydrogens is 234 g/mol. The minimum atomic E-state index is -0.449. The second-order valence-electron chi connectivity index (χ2n) is 3.69. The van der Waals surface area contributed by atoms with E-state index in [1.165, 1.54) is 7.11 Å². The van der Waals surface area contributed by atoms with Crippen LogP contribution in [0.15, 0.2) is 24.3 Å². The summed E-state index contributed by atoms with van der Waals surface area (Å²) in [5, 5.41) is 2.75. The Morgan fingerprint density at radius 2 is 2.11 bits per heavy atom. The number of anilines is 1. The van der Waals surface area contributed by atoms with Crippen molar-refractivity contribution in [1.29, 1.82) is 0 Å². The standard InChI is InChI=1S/C13H17NO4/c1-3-5-12(15)14-10-6-4-7-11(8-10)18-9-13(16)17-2/h4,6-8H,3,5,9H2,1-2H3,(H,14,15). The first-order chi connectivity index (χ1) is 8.65. The van der Waals surface area contributed by atoms with Crippen LogP contribution in [0.25, 0.3) is 0 Å². The SMILES string of the molecule is CCCC(=O)Nc1cccc(OCC(=O)OC)c1. The van der Waals surface area contributed by atoms with Gasteiger partial charge in [-0.15, -0.1) is 0 Å². The van der Waals surface area contributed by atoms with Gasteiger partial charge < -0.3 is 14.8 Å². The summed E-state index contributed by atoms with van der Waals surface area (Å²) < 4.78 is 9.68. The van der Waals surface area contributed by atoms with Gasteiger partial charge in [0, 0.05) is 18.2 Å². The third-order valence-electron chi connectivity index (χ3n) is 2.18. The minimum absolute atomic E-state index is 0.0392. The monoisotopic (exact) mass is 251 g/mol. The van der Waals surface area contributed by atoms with Crippen LogP contribution < -0.4 is 10.1 Å². The molecule has 0 atom stereocenters. The molecule has 1 N–H and O–H groups in total. The Morgan fingerprint density at radius 1 is 1.33 bits per heavy atom. The van der Waals surface area contributed by atoms with E-state index in [2.05, 4.69) is 10.1 Å². The molecule has 0 saturated carbocycles. The number of ether oxygens (including phenoxy) is 2. The molecular formula is C13H17NO4. The zero-order valence-electron chi connectivity index (χ0n) is 10.6.